The number of piperidine rings is 2. The molecule has 2 aromatic carbocycles. The van der Waals surface area contributed by atoms with Gasteiger partial charge >= 0.3 is 12.2 Å². The number of carbonyl (C=O) groups excluding carboxylic acids is 2. The number of carbonyl (C=O) groups is 2. The molecule has 4 aliphatic rings. The van der Waals surface area contributed by atoms with Crippen LogP contribution in [-0.4, -0.2) is 114 Å². The van der Waals surface area contributed by atoms with Crippen molar-refractivity contribution in [3.63, 3.8) is 0 Å². The van der Waals surface area contributed by atoms with Gasteiger partial charge in [-0.3, -0.25) is 9.80 Å². The molecule has 3 N–H and O–H groups in total. The summed E-state index contributed by atoms with van der Waals surface area (Å²) in [5.74, 6) is -5.23. The van der Waals surface area contributed by atoms with Gasteiger partial charge in [-0.25, -0.2) is 47.1 Å². The van der Waals surface area contributed by atoms with Crippen molar-refractivity contribution in [2.24, 2.45) is 0 Å². The van der Waals surface area contributed by atoms with E-state index < -0.39 is 48.2 Å². The Kier molecular flexibility index (Phi) is 13.1. The van der Waals surface area contributed by atoms with Crippen molar-refractivity contribution in [2.45, 2.75) is 61.8 Å². The minimum absolute atomic E-state index is 0. The first-order valence-electron chi connectivity index (χ1n) is 19.8. The first-order valence-corrected chi connectivity index (χ1v) is 20.2. The first-order chi connectivity index (χ1) is 29.4. The minimum atomic E-state index is -2.98. The van der Waals surface area contributed by atoms with Gasteiger partial charge in [0.1, 0.15) is 59.2 Å². The average molecular weight is 900 g/mol. The lowest BCUT2D eigenvalue weighted by atomic mass is 9.74. The van der Waals surface area contributed by atoms with Crippen LogP contribution in [-0.2, 0) is 22.7 Å². The number of likely N-dealkylation sites (tertiary alicyclic amines) is 2. The molecule has 8 heterocycles. The van der Waals surface area contributed by atoms with Crippen molar-refractivity contribution in [2.75, 3.05) is 44.2 Å². The summed E-state index contributed by atoms with van der Waals surface area (Å²) >= 11 is 5.73. The molecule has 4 aromatic heterocycles. The van der Waals surface area contributed by atoms with Crippen LogP contribution in [0, 0.1) is 0 Å². The lowest BCUT2D eigenvalue weighted by Crippen LogP contribution is -2.80. The molecule has 0 saturated carbocycles. The number of fused-ring (bicyclic) bond motifs is 2. The van der Waals surface area contributed by atoms with Crippen molar-refractivity contribution >= 4 is 64.1 Å². The summed E-state index contributed by atoms with van der Waals surface area (Å²) in [6, 6.07) is 22.1. The first kappa shape index (κ1) is 44.3. The van der Waals surface area contributed by atoms with E-state index in [9.17, 15) is 27.2 Å². The number of rotatable bonds is 5. The molecule has 2 amide bonds. The van der Waals surface area contributed by atoms with Gasteiger partial charge in [-0.15, -0.1) is 12.4 Å². The molecule has 2 spiro atoms. The molecule has 328 valence electrons. The van der Waals surface area contributed by atoms with Crippen LogP contribution in [0.4, 0.5) is 33.0 Å². The number of hydrogen-bond acceptors (Lipinski definition) is 10. The van der Waals surface area contributed by atoms with Gasteiger partial charge in [0.2, 0.25) is 0 Å². The second kappa shape index (κ2) is 18.3. The molecular weight excluding hydrogens is 855 g/mol. The Morgan fingerprint density at radius 1 is 0.677 bits per heavy atom. The number of benzene rings is 2. The third-order valence-corrected chi connectivity index (χ3v) is 12.0. The number of amides is 2. The van der Waals surface area contributed by atoms with Crippen LogP contribution in [0.25, 0.3) is 22.1 Å². The van der Waals surface area contributed by atoms with Gasteiger partial charge in [0, 0.05) is 32.0 Å². The minimum Gasteiger partial charge on any atom is -0.445 e. The van der Waals surface area contributed by atoms with E-state index in [0.717, 1.165) is 27.5 Å². The number of hydrogen-bond donors (Lipinski definition) is 3. The van der Waals surface area contributed by atoms with Crippen LogP contribution in [0.15, 0.2) is 97.8 Å². The van der Waals surface area contributed by atoms with E-state index in [1.807, 2.05) is 77.7 Å². The Bertz CT molecular complexity index is 2460. The summed E-state index contributed by atoms with van der Waals surface area (Å²) < 4.78 is 68.2. The Hall–Kier alpha value is -5.72. The number of nitrogens with one attached hydrogen (secondary N) is 3. The Balaban J connectivity index is 0.000000156. The average Bonchev–Trinajstić information content (AvgIpc) is 3.99. The van der Waals surface area contributed by atoms with Crippen molar-refractivity contribution in [1.82, 2.24) is 45.0 Å². The lowest BCUT2D eigenvalue weighted by molar-refractivity contribution is -0.236. The third kappa shape index (κ3) is 8.55. The van der Waals surface area contributed by atoms with Gasteiger partial charge in [-0.2, -0.15) is 0 Å². The Morgan fingerprint density at radius 3 is 1.76 bits per heavy atom. The predicted octanol–water partition coefficient (Wildman–Crippen LogP) is 8.01. The van der Waals surface area contributed by atoms with E-state index in [1.165, 1.54) is 22.5 Å². The number of ether oxygens (including phenoxy) is 2. The maximum atomic E-state index is 14.9. The van der Waals surface area contributed by atoms with Gasteiger partial charge in [0.05, 0.1) is 23.9 Å². The molecular formula is C42H44Cl2F4N10O4. The zero-order valence-corrected chi connectivity index (χ0v) is 34.9. The third-order valence-electron chi connectivity index (χ3n) is 11.7. The summed E-state index contributed by atoms with van der Waals surface area (Å²) in [6.45, 7) is 0.397. The molecule has 2 atom stereocenters. The highest BCUT2D eigenvalue weighted by atomic mass is 35.5. The normalized spacial score (nSPS) is 22.0. The Labute approximate surface area is 364 Å². The van der Waals surface area contributed by atoms with Crippen LogP contribution >= 0.6 is 24.0 Å². The highest BCUT2D eigenvalue weighted by Gasteiger charge is 2.71. The number of aromatic nitrogens is 6. The standard InChI is InChI=1S/C21H21F2N5O2.C15H18F2N2O2.C6H4ClN3.ClH/c22-21(23)13-28(19(29)30-11-15-5-2-1-3-6-15)20(21)8-4-10-27(12-20)18-16-7-9-24-17(16)25-14-26-18;16-15(17)11-19(14(15)7-4-8-18-10-14)13(20)21-9-12-5-2-1-3-6-12;7-5-4-1-2-8-6(4)10-3-9-5;/h1-3,5-7,9,14H,4,8,10-13H2,(H,24,25,26);1-3,5-6,18H,4,7-11H2;1-3H,(H,8,9,10);1H. The Morgan fingerprint density at radius 2 is 1.21 bits per heavy atom. The van der Waals surface area contributed by atoms with E-state index in [4.69, 9.17) is 21.1 Å². The topological polar surface area (TPSA) is 157 Å². The van der Waals surface area contributed by atoms with Crippen molar-refractivity contribution in [3.8, 4) is 0 Å². The predicted molar refractivity (Wildman–Crippen MR) is 226 cm³/mol. The maximum absolute atomic E-state index is 14.9. The highest BCUT2D eigenvalue weighted by molar-refractivity contribution is 6.33. The molecule has 4 aliphatic heterocycles. The zero-order valence-electron chi connectivity index (χ0n) is 33.3. The smallest absolute Gasteiger partial charge is 0.411 e. The van der Waals surface area contributed by atoms with Crippen LogP contribution in [0.1, 0.15) is 36.8 Å². The second-order valence-corrected chi connectivity index (χ2v) is 15.7. The summed E-state index contributed by atoms with van der Waals surface area (Å²) in [5.41, 5.74) is 0.0902. The fraction of sp³-hybridized carbons (Fsp3) is 0.381. The fourth-order valence-electron chi connectivity index (χ4n) is 8.40. The molecule has 0 aliphatic carbocycles. The van der Waals surface area contributed by atoms with Gasteiger partial charge in [0.25, 0.3) is 11.8 Å². The molecule has 6 aromatic rings. The molecule has 14 nitrogen and oxygen atoms in total. The summed E-state index contributed by atoms with van der Waals surface area (Å²) in [7, 11) is 0. The molecule has 20 heteroatoms. The number of aromatic amines is 2. The number of alkyl halides is 4. The molecule has 2 unspecified atom stereocenters. The molecule has 10 rings (SSSR count). The molecule has 62 heavy (non-hydrogen) atoms. The number of halogens is 6. The monoisotopic (exact) mass is 898 g/mol. The summed E-state index contributed by atoms with van der Waals surface area (Å²) in [4.78, 5) is 51.2. The maximum Gasteiger partial charge on any atom is 0.411 e. The number of anilines is 1. The van der Waals surface area contributed by atoms with E-state index in [-0.39, 0.29) is 45.1 Å². The van der Waals surface area contributed by atoms with Gasteiger partial charge < -0.3 is 29.7 Å². The van der Waals surface area contributed by atoms with Crippen molar-refractivity contribution in [3.05, 3.63) is 114 Å². The molecule has 0 bridgehead atoms. The lowest BCUT2D eigenvalue weighted by Gasteiger charge is -2.60. The van der Waals surface area contributed by atoms with Crippen LogP contribution in [0.5, 0.6) is 0 Å². The van der Waals surface area contributed by atoms with Crippen molar-refractivity contribution in [1.29, 1.82) is 0 Å². The largest absolute Gasteiger partial charge is 0.445 e. The van der Waals surface area contributed by atoms with E-state index in [0.29, 0.717) is 49.0 Å². The second-order valence-electron chi connectivity index (χ2n) is 15.4. The van der Waals surface area contributed by atoms with Crippen LogP contribution in [0.3, 0.4) is 0 Å². The van der Waals surface area contributed by atoms with Gasteiger partial charge in [-0.1, -0.05) is 72.3 Å². The summed E-state index contributed by atoms with van der Waals surface area (Å²) in [5, 5.41) is 5.09. The molecule has 4 fully saturated rings. The highest BCUT2D eigenvalue weighted by Crippen LogP contribution is 2.51. The fourth-order valence-corrected chi connectivity index (χ4v) is 8.59. The van der Waals surface area contributed by atoms with Gasteiger partial charge in [0.15, 0.2) is 0 Å². The number of H-pyrrole nitrogens is 2. The van der Waals surface area contributed by atoms with Crippen molar-refractivity contribution < 1.29 is 36.6 Å². The van der Waals surface area contributed by atoms with E-state index >= 15 is 0 Å². The quantitative estimate of drug-likeness (QED) is 0.114. The van der Waals surface area contributed by atoms with E-state index in [1.54, 1.807) is 12.4 Å². The van der Waals surface area contributed by atoms with E-state index in [2.05, 4.69) is 35.2 Å². The molecule has 0 radical (unpaired) electrons. The zero-order chi connectivity index (χ0) is 42.7. The summed E-state index contributed by atoms with van der Waals surface area (Å²) in [6.07, 6.45) is 6.70. The molecule has 4 saturated heterocycles. The number of nitrogens with zero attached hydrogens (tertiary/aromatic N) is 7. The SMILES string of the molecule is Cl.Clc1ncnc2[nH]ccc12.O=C(OCc1ccccc1)N1CC(F)(F)C12CCCN(c1ncnc3[nH]ccc13)C2.O=C(OCc1ccccc1)N1CC(F)(F)C12CCCNC2. The van der Waals surface area contributed by atoms with Gasteiger partial charge in [-0.05, 0) is 55.5 Å². The van der Waals surface area contributed by atoms with Crippen LogP contribution in [0.2, 0.25) is 5.15 Å². The van der Waals surface area contributed by atoms with Crippen LogP contribution < -0.4 is 10.2 Å².